The van der Waals surface area contributed by atoms with Gasteiger partial charge in [-0.05, 0) is 35.4 Å². The molecule has 0 heterocycles. The molecule has 2 unspecified atom stereocenters. The Morgan fingerprint density at radius 2 is 1.76 bits per heavy atom. The van der Waals surface area contributed by atoms with Crippen LogP contribution in [0.1, 0.15) is 11.7 Å². The lowest BCUT2D eigenvalue weighted by molar-refractivity contribution is 0.0243. The molecule has 0 radical (unpaired) electrons. The second kappa shape index (κ2) is 7.31. The second-order valence-corrected chi connectivity index (χ2v) is 4.41. The molecular weight excluding hydrogens is 270 g/mol. The van der Waals surface area contributed by atoms with Crippen molar-refractivity contribution in [3.05, 3.63) is 70.6 Å². The smallest absolute Gasteiger partial charge is 0.127 e. The molecule has 0 fully saturated rings. The first kappa shape index (κ1) is 14.9. The zero-order valence-corrected chi connectivity index (χ0v) is 11.2. The molecule has 0 saturated carbocycles. The quantitative estimate of drug-likeness (QED) is 0.484. The summed E-state index contributed by atoms with van der Waals surface area (Å²) in [5.74, 6) is 1.23. The molecule has 2 rings (SSSR count). The minimum atomic E-state index is -1.16. The first-order chi connectivity index (χ1) is 10.2. The molecule has 0 saturated heterocycles. The van der Waals surface area contributed by atoms with E-state index in [1.54, 1.807) is 24.3 Å². The van der Waals surface area contributed by atoms with Crippen LogP contribution in [0.25, 0.3) is 10.4 Å². The van der Waals surface area contributed by atoms with Crippen LogP contribution >= 0.6 is 0 Å². The SMILES string of the molecule is [N-]=[N+]=NCC(O)C(O)c1cccc(Oc2ccccc2)c1. The molecule has 0 aliphatic heterocycles. The van der Waals surface area contributed by atoms with E-state index in [1.165, 1.54) is 0 Å². The molecule has 0 bridgehead atoms. The molecule has 0 aromatic heterocycles. The molecular formula is C15H15N3O3. The summed E-state index contributed by atoms with van der Waals surface area (Å²) in [6, 6.07) is 16.0. The molecule has 6 nitrogen and oxygen atoms in total. The fourth-order valence-electron chi connectivity index (χ4n) is 1.83. The number of hydrogen-bond acceptors (Lipinski definition) is 4. The van der Waals surface area contributed by atoms with Crippen molar-refractivity contribution in [1.82, 2.24) is 0 Å². The number of azide groups is 1. The van der Waals surface area contributed by atoms with Crippen molar-refractivity contribution >= 4 is 0 Å². The van der Waals surface area contributed by atoms with E-state index in [2.05, 4.69) is 10.0 Å². The van der Waals surface area contributed by atoms with E-state index in [0.29, 0.717) is 17.1 Å². The highest BCUT2D eigenvalue weighted by Gasteiger charge is 2.18. The Balaban J connectivity index is 2.11. The van der Waals surface area contributed by atoms with Gasteiger partial charge in [-0.25, -0.2) is 0 Å². The summed E-state index contributed by atoms with van der Waals surface area (Å²) < 4.78 is 5.66. The predicted molar refractivity (Wildman–Crippen MR) is 77.9 cm³/mol. The molecule has 2 N–H and O–H groups in total. The number of aliphatic hydroxyl groups is 2. The van der Waals surface area contributed by atoms with Gasteiger partial charge in [-0.2, -0.15) is 0 Å². The summed E-state index contributed by atoms with van der Waals surface area (Å²) in [7, 11) is 0. The standard InChI is InChI=1S/C15H15N3O3/c16-18-17-10-14(19)15(20)11-5-4-8-13(9-11)21-12-6-2-1-3-7-12/h1-9,14-15,19-20H,10H2. The number of rotatable bonds is 6. The molecule has 2 aromatic rings. The van der Waals surface area contributed by atoms with Crippen molar-refractivity contribution in [3.8, 4) is 11.5 Å². The van der Waals surface area contributed by atoms with Crippen LogP contribution in [0.3, 0.4) is 0 Å². The van der Waals surface area contributed by atoms with E-state index in [4.69, 9.17) is 10.3 Å². The number of para-hydroxylation sites is 1. The predicted octanol–water partition coefficient (Wildman–Crippen LogP) is 3.18. The maximum atomic E-state index is 10.0. The Bertz CT molecular complexity index is 627. The fourth-order valence-corrected chi connectivity index (χ4v) is 1.83. The van der Waals surface area contributed by atoms with Crippen molar-refractivity contribution in [2.45, 2.75) is 12.2 Å². The van der Waals surface area contributed by atoms with Crippen molar-refractivity contribution in [3.63, 3.8) is 0 Å². The van der Waals surface area contributed by atoms with Crippen LogP contribution in [0.5, 0.6) is 11.5 Å². The van der Waals surface area contributed by atoms with Crippen LogP contribution in [0.4, 0.5) is 0 Å². The summed E-state index contributed by atoms with van der Waals surface area (Å²) >= 11 is 0. The van der Waals surface area contributed by atoms with Crippen LogP contribution in [0.15, 0.2) is 59.7 Å². The third kappa shape index (κ3) is 4.22. The lowest BCUT2D eigenvalue weighted by atomic mass is 10.0. The van der Waals surface area contributed by atoms with Gasteiger partial charge in [0.05, 0.1) is 12.6 Å². The van der Waals surface area contributed by atoms with E-state index in [1.807, 2.05) is 30.3 Å². The molecule has 21 heavy (non-hydrogen) atoms. The van der Waals surface area contributed by atoms with Gasteiger partial charge >= 0.3 is 0 Å². The van der Waals surface area contributed by atoms with Crippen LogP contribution in [-0.4, -0.2) is 22.9 Å². The highest BCUT2D eigenvalue weighted by Crippen LogP contribution is 2.25. The van der Waals surface area contributed by atoms with Gasteiger partial charge in [0.25, 0.3) is 0 Å². The van der Waals surface area contributed by atoms with E-state index >= 15 is 0 Å². The average molecular weight is 285 g/mol. The topological polar surface area (TPSA) is 98.5 Å². The van der Waals surface area contributed by atoms with E-state index < -0.39 is 12.2 Å². The summed E-state index contributed by atoms with van der Waals surface area (Å²) in [6.45, 7) is -0.193. The van der Waals surface area contributed by atoms with Crippen molar-refractivity contribution in [1.29, 1.82) is 0 Å². The van der Waals surface area contributed by atoms with Gasteiger partial charge in [-0.15, -0.1) is 0 Å². The molecule has 2 atom stereocenters. The molecule has 2 aromatic carbocycles. The van der Waals surface area contributed by atoms with Crippen LogP contribution in [0, 0.1) is 0 Å². The monoisotopic (exact) mass is 285 g/mol. The van der Waals surface area contributed by atoms with Gasteiger partial charge < -0.3 is 14.9 Å². The fraction of sp³-hybridized carbons (Fsp3) is 0.200. The maximum Gasteiger partial charge on any atom is 0.127 e. The number of hydrogen-bond donors (Lipinski definition) is 2. The van der Waals surface area contributed by atoms with Crippen LogP contribution in [-0.2, 0) is 0 Å². The number of ether oxygens (including phenoxy) is 1. The van der Waals surface area contributed by atoms with Crippen molar-refractivity contribution < 1.29 is 14.9 Å². The largest absolute Gasteiger partial charge is 0.457 e. The molecule has 0 aliphatic rings. The van der Waals surface area contributed by atoms with Gasteiger partial charge in [0.2, 0.25) is 0 Å². The maximum absolute atomic E-state index is 10.0. The summed E-state index contributed by atoms with van der Waals surface area (Å²) in [6.07, 6.45) is -2.30. The highest BCUT2D eigenvalue weighted by atomic mass is 16.5. The summed E-state index contributed by atoms with van der Waals surface area (Å²) in [4.78, 5) is 2.55. The Morgan fingerprint density at radius 3 is 2.48 bits per heavy atom. The van der Waals surface area contributed by atoms with Crippen LogP contribution in [0.2, 0.25) is 0 Å². The van der Waals surface area contributed by atoms with Gasteiger partial charge in [0.1, 0.15) is 17.6 Å². The van der Waals surface area contributed by atoms with Gasteiger partial charge in [-0.3, -0.25) is 0 Å². The minimum Gasteiger partial charge on any atom is -0.457 e. The molecule has 0 amide bonds. The molecule has 6 heteroatoms. The second-order valence-electron chi connectivity index (χ2n) is 4.41. The Morgan fingerprint density at radius 1 is 1.05 bits per heavy atom. The molecule has 0 aliphatic carbocycles. The van der Waals surface area contributed by atoms with Gasteiger partial charge in [0, 0.05) is 4.91 Å². The minimum absolute atomic E-state index is 0.193. The number of aliphatic hydroxyl groups excluding tert-OH is 2. The van der Waals surface area contributed by atoms with Gasteiger partial charge in [0.15, 0.2) is 0 Å². The van der Waals surface area contributed by atoms with Crippen molar-refractivity contribution in [2.24, 2.45) is 5.11 Å². The first-order valence-corrected chi connectivity index (χ1v) is 6.40. The van der Waals surface area contributed by atoms with Gasteiger partial charge in [-0.1, -0.05) is 35.4 Å². The first-order valence-electron chi connectivity index (χ1n) is 6.40. The van der Waals surface area contributed by atoms with E-state index in [9.17, 15) is 10.2 Å². The molecule has 0 spiro atoms. The molecule has 108 valence electrons. The van der Waals surface area contributed by atoms with E-state index in [-0.39, 0.29) is 6.54 Å². The highest BCUT2D eigenvalue weighted by molar-refractivity contribution is 5.34. The third-order valence-electron chi connectivity index (χ3n) is 2.87. The lowest BCUT2D eigenvalue weighted by Gasteiger charge is -2.17. The van der Waals surface area contributed by atoms with Crippen LogP contribution < -0.4 is 4.74 Å². The Labute approximate surface area is 121 Å². The zero-order valence-electron chi connectivity index (χ0n) is 11.2. The normalized spacial score (nSPS) is 13.0. The number of nitrogens with zero attached hydrogens (tertiary/aromatic N) is 3. The van der Waals surface area contributed by atoms with E-state index in [0.717, 1.165) is 0 Å². The van der Waals surface area contributed by atoms with Crippen molar-refractivity contribution in [2.75, 3.05) is 6.54 Å². The third-order valence-corrected chi connectivity index (χ3v) is 2.87. The Hall–Kier alpha value is -2.53. The zero-order chi connectivity index (χ0) is 15.1. The summed E-state index contributed by atoms with van der Waals surface area (Å²) in [5.41, 5.74) is 8.71. The summed E-state index contributed by atoms with van der Waals surface area (Å²) in [5, 5.41) is 23.0. The Kier molecular flexibility index (Phi) is 5.17. The number of benzene rings is 2. The average Bonchev–Trinajstić information content (AvgIpc) is 2.53. The lowest BCUT2D eigenvalue weighted by Crippen LogP contribution is -2.21.